The smallest absolute Gasteiger partial charge is 0.128 e. The highest BCUT2D eigenvalue weighted by atomic mass is 19.1. The zero-order valence-electron chi connectivity index (χ0n) is 11.8. The maximum atomic E-state index is 14.1. The lowest BCUT2D eigenvalue weighted by Crippen LogP contribution is -2.20. The Morgan fingerprint density at radius 3 is 2.67 bits per heavy atom. The zero-order chi connectivity index (χ0) is 15.0. The van der Waals surface area contributed by atoms with Crippen molar-refractivity contribution in [3.8, 4) is 0 Å². The molecule has 0 saturated heterocycles. The molecule has 21 heavy (non-hydrogen) atoms. The SMILES string of the molecule is CNC(c1cc(F)ccc1F)c1nn(C)c2ccccc12. The van der Waals surface area contributed by atoms with E-state index in [0.717, 1.165) is 23.0 Å². The number of hydrogen-bond acceptors (Lipinski definition) is 2. The van der Waals surface area contributed by atoms with E-state index in [0.29, 0.717) is 5.69 Å². The summed E-state index contributed by atoms with van der Waals surface area (Å²) in [6.07, 6.45) is 0. The number of nitrogens with one attached hydrogen (secondary N) is 1. The van der Waals surface area contributed by atoms with Gasteiger partial charge in [-0.15, -0.1) is 0 Å². The van der Waals surface area contributed by atoms with Crippen LogP contribution in [0.25, 0.3) is 10.9 Å². The molecule has 3 nitrogen and oxygen atoms in total. The molecule has 1 atom stereocenters. The van der Waals surface area contributed by atoms with Crippen LogP contribution in [0.3, 0.4) is 0 Å². The zero-order valence-corrected chi connectivity index (χ0v) is 11.8. The molecule has 108 valence electrons. The average Bonchev–Trinajstić information content (AvgIpc) is 2.81. The van der Waals surface area contributed by atoms with Crippen molar-refractivity contribution in [2.24, 2.45) is 7.05 Å². The molecule has 0 amide bonds. The van der Waals surface area contributed by atoms with Crippen LogP contribution in [0, 0.1) is 11.6 Å². The maximum absolute atomic E-state index is 14.1. The minimum atomic E-state index is -0.508. The molecule has 1 unspecified atom stereocenters. The minimum absolute atomic E-state index is 0.251. The molecule has 0 aliphatic carbocycles. The van der Waals surface area contributed by atoms with Crippen molar-refractivity contribution in [2.45, 2.75) is 6.04 Å². The fourth-order valence-electron chi connectivity index (χ4n) is 2.63. The fraction of sp³-hybridized carbons (Fsp3) is 0.188. The fourth-order valence-corrected chi connectivity index (χ4v) is 2.63. The maximum Gasteiger partial charge on any atom is 0.128 e. The lowest BCUT2D eigenvalue weighted by molar-refractivity contribution is 0.551. The lowest BCUT2D eigenvalue weighted by atomic mass is 10.0. The molecule has 0 fully saturated rings. The molecule has 0 spiro atoms. The average molecular weight is 287 g/mol. The first-order valence-corrected chi connectivity index (χ1v) is 6.65. The van der Waals surface area contributed by atoms with Gasteiger partial charge in [0, 0.05) is 18.0 Å². The van der Waals surface area contributed by atoms with E-state index in [1.165, 1.54) is 6.07 Å². The van der Waals surface area contributed by atoms with Crippen LogP contribution < -0.4 is 5.32 Å². The molecule has 0 bridgehead atoms. The van der Waals surface area contributed by atoms with E-state index in [2.05, 4.69) is 10.4 Å². The Hall–Kier alpha value is -2.27. The molecule has 3 rings (SSSR count). The van der Waals surface area contributed by atoms with Crippen molar-refractivity contribution in [3.05, 3.63) is 65.4 Å². The van der Waals surface area contributed by atoms with Crippen LogP contribution in [0.4, 0.5) is 8.78 Å². The number of nitrogens with zero attached hydrogens (tertiary/aromatic N) is 2. The highest BCUT2D eigenvalue weighted by Crippen LogP contribution is 2.29. The minimum Gasteiger partial charge on any atom is -0.308 e. The number of rotatable bonds is 3. The molecular formula is C16H15F2N3. The summed E-state index contributed by atoms with van der Waals surface area (Å²) in [4.78, 5) is 0. The first-order valence-electron chi connectivity index (χ1n) is 6.65. The predicted molar refractivity (Wildman–Crippen MR) is 78.0 cm³/mol. The molecule has 1 N–H and O–H groups in total. The molecular weight excluding hydrogens is 272 g/mol. The number of hydrogen-bond donors (Lipinski definition) is 1. The van der Waals surface area contributed by atoms with Gasteiger partial charge in [0.05, 0.1) is 17.3 Å². The number of fused-ring (bicyclic) bond motifs is 1. The van der Waals surface area contributed by atoms with Crippen LogP contribution in [0.5, 0.6) is 0 Å². The third kappa shape index (κ3) is 2.29. The van der Waals surface area contributed by atoms with E-state index in [4.69, 9.17) is 0 Å². The van der Waals surface area contributed by atoms with E-state index < -0.39 is 17.7 Å². The quantitative estimate of drug-likeness (QED) is 0.802. The van der Waals surface area contributed by atoms with E-state index in [1.54, 1.807) is 11.7 Å². The van der Waals surface area contributed by atoms with Crippen molar-refractivity contribution >= 4 is 10.9 Å². The Labute approximate surface area is 121 Å². The van der Waals surface area contributed by atoms with Crippen LogP contribution in [0.2, 0.25) is 0 Å². The van der Waals surface area contributed by atoms with Crippen LogP contribution in [-0.2, 0) is 7.05 Å². The number of aromatic nitrogens is 2. The van der Waals surface area contributed by atoms with Crippen LogP contribution in [0.15, 0.2) is 42.5 Å². The normalized spacial score (nSPS) is 12.8. The van der Waals surface area contributed by atoms with Gasteiger partial charge in [-0.2, -0.15) is 5.10 Å². The molecule has 1 heterocycles. The summed E-state index contributed by atoms with van der Waals surface area (Å²) in [5, 5.41) is 8.42. The Bertz CT molecular complexity index is 795. The van der Waals surface area contributed by atoms with Gasteiger partial charge in [0.15, 0.2) is 0 Å². The van der Waals surface area contributed by atoms with Crippen molar-refractivity contribution in [1.29, 1.82) is 0 Å². The lowest BCUT2D eigenvalue weighted by Gasteiger charge is -2.16. The van der Waals surface area contributed by atoms with Crippen molar-refractivity contribution in [2.75, 3.05) is 7.05 Å². The molecule has 5 heteroatoms. The van der Waals surface area contributed by atoms with E-state index in [1.807, 2.05) is 31.3 Å². The van der Waals surface area contributed by atoms with Crippen LogP contribution in [0.1, 0.15) is 17.3 Å². The molecule has 0 aliphatic rings. The standard InChI is InChI=1S/C16H15F2N3/c1-19-15(12-9-10(17)7-8-13(12)18)16-11-5-3-4-6-14(11)21(2)20-16/h3-9,15,19H,1-2H3. The summed E-state index contributed by atoms with van der Waals surface area (Å²) in [7, 11) is 3.54. The third-order valence-corrected chi connectivity index (χ3v) is 3.62. The van der Waals surface area contributed by atoms with Gasteiger partial charge in [-0.05, 0) is 31.3 Å². The Morgan fingerprint density at radius 1 is 1.14 bits per heavy atom. The summed E-state index contributed by atoms with van der Waals surface area (Å²) in [5.74, 6) is -0.919. The van der Waals surface area contributed by atoms with E-state index in [-0.39, 0.29) is 5.56 Å². The predicted octanol–water partition coefficient (Wildman–Crippen LogP) is 3.16. The van der Waals surface area contributed by atoms with Gasteiger partial charge in [-0.1, -0.05) is 18.2 Å². The molecule has 0 aliphatic heterocycles. The second kappa shape index (κ2) is 5.26. The molecule has 0 saturated carbocycles. The highest BCUT2D eigenvalue weighted by molar-refractivity contribution is 5.82. The van der Waals surface area contributed by atoms with Gasteiger partial charge in [0.25, 0.3) is 0 Å². The molecule has 3 aromatic rings. The highest BCUT2D eigenvalue weighted by Gasteiger charge is 2.22. The number of para-hydroxylation sites is 1. The van der Waals surface area contributed by atoms with Crippen LogP contribution in [-0.4, -0.2) is 16.8 Å². The Balaban J connectivity index is 2.21. The summed E-state index contributed by atoms with van der Waals surface area (Å²) in [6, 6.07) is 10.7. The van der Waals surface area contributed by atoms with E-state index in [9.17, 15) is 8.78 Å². The number of benzene rings is 2. The number of aryl methyl sites for hydroxylation is 1. The largest absolute Gasteiger partial charge is 0.308 e. The van der Waals surface area contributed by atoms with E-state index >= 15 is 0 Å². The van der Waals surface area contributed by atoms with Gasteiger partial charge in [0.1, 0.15) is 11.6 Å². The summed E-state index contributed by atoms with van der Waals surface area (Å²) in [6.45, 7) is 0. The Morgan fingerprint density at radius 2 is 1.90 bits per heavy atom. The van der Waals surface area contributed by atoms with Gasteiger partial charge in [0.2, 0.25) is 0 Å². The molecule has 0 radical (unpaired) electrons. The summed E-state index contributed by atoms with van der Waals surface area (Å²) < 4.78 is 29.3. The number of halogens is 2. The van der Waals surface area contributed by atoms with Gasteiger partial charge >= 0.3 is 0 Å². The second-order valence-corrected chi connectivity index (χ2v) is 4.91. The van der Waals surface area contributed by atoms with Gasteiger partial charge < -0.3 is 5.32 Å². The summed E-state index contributed by atoms with van der Waals surface area (Å²) in [5.41, 5.74) is 1.88. The van der Waals surface area contributed by atoms with Gasteiger partial charge in [-0.25, -0.2) is 8.78 Å². The van der Waals surface area contributed by atoms with Gasteiger partial charge in [-0.3, -0.25) is 4.68 Å². The first kappa shape index (κ1) is 13.7. The Kier molecular flexibility index (Phi) is 3.43. The molecule has 1 aromatic heterocycles. The second-order valence-electron chi connectivity index (χ2n) is 4.91. The summed E-state index contributed by atoms with van der Waals surface area (Å²) >= 11 is 0. The monoisotopic (exact) mass is 287 g/mol. The topological polar surface area (TPSA) is 29.9 Å². The third-order valence-electron chi connectivity index (χ3n) is 3.62. The van der Waals surface area contributed by atoms with Crippen molar-refractivity contribution in [1.82, 2.24) is 15.1 Å². The van der Waals surface area contributed by atoms with Crippen molar-refractivity contribution < 1.29 is 8.78 Å². The molecule has 2 aromatic carbocycles. The van der Waals surface area contributed by atoms with Crippen molar-refractivity contribution in [3.63, 3.8) is 0 Å². The first-order chi connectivity index (χ1) is 10.1. The van der Waals surface area contributed by atoms with Crippen LogP contribution >= 0.6 is 0 Å².